The normalized spacial score (nSPS) is 14.4. The van der Waals surface area contributed by atoms with E-state index in [4.69, 9.17) is 0 Å². The molecule has 0 fully saturated rings. The maximum atomic E-state index is 13.5. The number of hydrogen-bond donors (Lipinski definition) is 1. The minimum atomic E-state index is -0.134. The quantitative estimate of drug-likeness (QED) is 0.849. The van der Waals surface area contributed by atoms with Gasteiger partial charge in [-0.15, -0.1) is 11.3 Å². The van der Waals surface area contributed by atoms with Gasteiger partial charge in [0.25, 0.3) is 0 Å². The second-order valence-electron chi connectivity index (χ2n) is 4.63. The molecule has 1 aromatic heterocycles. The van der Waals surface area contributed by atoms with Crippen molar-refractivity contribution >= 4 is 11.3 Å². The summed E-state index contributed by atoms with van der Waals surface area (Å²) in [6.07, 6.45) is 0. The Hall–Kier alpha value is -1.19. The average molecular weight is 263 g/mol. The van der Waals surface area contributed by atoms with Crippen molar-refractivity contribution in [1.29, 1.82) is 0 Å². The molecule has 0 saturated carbocycles. The van der Waals surface area contributed by atoms with Gasteiger partial charge in [0.15, 0.2) is 0 Å². The van der Waals surface area contributed by atoms with Crippen LogP contribution in [0.2, 0.25) is 0 Å². The molecule has 2 unspecified atom stereocenters. The highest BCUT2D eigenvalue weighted by atomic mass is 32.1. The van der Waals surface area contributed by atoms with Crippen LogP contribution >= 0.6 is 11.3 Å². The summed E-state index contributed by atoms with van der Waals surface area (Å²) in [5, 5.41) is 5.56. The van der Waals surface area contributed by atoms with Crippen molar-refractivity contribution < 1.29 is 4.39 Å². The highest BCUT2D eigenvalue weighted by molar-refractivity contribution is 7.10. The van der Waals surface area contributed by atoms with Crippen molar-refractivity contribution in [3.05, 3.63) is 57.5 Å². The van der Waals surface area contributed by atoms with Crippen molar-refractivity contribution in [1.82, 2.24) is 5.32 Å². The van der Waals surface area contributed by atoms with Gasteiger partial charge in [-0.1, -0.05) is 18.2 Å². The number of hydrogen-bond acceptors (Lipinski definition) is 2. The molecule has 0 amide bonds. The third-order valence-corrected chi connectivity index (χ3v) is 4.22. The van der Waals surface area contributed by atoms with E-state index in [9.17, 15) is 4.39 Å². The van der Waals surface area contributed by atoms with E-state index < -0.39 is 0 Å². The number of rotatable bonds is 4. The first-order valence-electron chi connectivity index (χ1n) is 6.13. The first-order chi connectivity index (χ1) is 8.58. The summed E-state index contributed by atoms with van der Waals surface area (Å²) in [5.74, 6) is -0.134. The van der Waals surface area contributed by atoms with Crippen molar-refractivity contribution in [2.24, 2.45) is 0 Å². The van der Waals surface area contributed by atoms with Gasteiger partial charge in [0.2, 0.25) is 0 Å². The molecule has 0 bridgehead atoms. The molecule has 0 aliphatic heterocycles. The fraction of sp³-hybridized carbons (Fsp3) is 0.333. The van der Waals surface area contributed by atoms with Crippen LogP contribution < -0.4 is 5.32 Å². The van der Waals surface area contributed by atoms with Crippen LogP contribution in [0.4, 0.5) is 4.39 Å². The smallest absolute Gasteiger partial charge is 0.126 e. The summed E-state index contributed by atoms with van der Waals surface area (Å²) in [4.78, 5) is 1.30. The molecule has 96 valence electrons. The van der Waals surface area contributed by atoms with Gasteiger partial charge < -0.3 is 5.32 Å². The highest BCUT2D eigenvalue weighted by Gasteiger charge is 2.12. The fourth-order valence-corrected chi connectivity index (χ4v) is 2.71. The fourth-order valence-electron chi connectivity index (χ4n) is 1.97. The Morgan fingerprint density at radius 1 is 1.17 bits per heavy atom. The minimum Gasteiger partial charge on any atom is -0.303 e. The van der Waals surface area contributed by atoms with Gasteiger partial charge in [-0.2, -0.15) is 0 Å². The molecule has 0 aliphatic carbocycles. The lowest BCUT2D eigenvalue weighted by molar-refractivity contribution is 0.496. The Balaban J connectivity index is 2.07. The monoisotopic (exact) mass is 263 g/mol. The highest BCUT2D eigenvalue weighted by Crippen LogP contribution is 2.23. The van der Waals surface area contributed by atoms with Crippen molar-refractivity contribution in [3.8, 4) is 0 Å². The molecule has 2 atom stereocenters. The van der Waals surface area contributed by atoms with Gasteiger partial charge in [0, 0.05) is 17.0 Å². The predicted molar refractivity (Wildman–Crippen MR) is 75.4 cm³/mol. The van der Waals surface area contributed by atoms with Crippen LogP contribution in [0.25, 0.3) is 0 Å². The summed E-state index contributed by atoms with van der Waals surface area (Å²) in [6.45, 7) is 5.98. The first-order valence-corrected chi connectivity index (χ1v) is 7.01. The summed E-state index contributed by atoms with van der Waals surface area (Å²) >= 11 is 1.74. The SMILES string of the molecule is Cc1ccc(C(C)NC(C)c2cccs2)cc1F. The van der Waals surface area contributed by atoms with Crippen molar-refractivity contribution in [2.45, 2.75) is 32.9 Å². The number of thiophene rings is 1. The Bertz CT molecular complexity index is 507. The Morgan fingerprint density at radius 3 is 2.56 bits per heavy atom. The van der Waals surface area contributed by atoms with Gasteiger partial charge in [0.05, 0.1) is 0 Å². The predicted octanol–water partition coefficient (Wildman–Crippen LogP) is 4.61. The van der Waals surface area contributed by atoms with Crippen molar-refractivity contribution in [2.75, 3.05) is 0 Å². The van der Waals surface area contributed by atoms with Crippen LogP contribution in [0.5, 0.6) is 0 Å². The molecule has 0 aliphatic rings. The third kappa shape index (κ3) is 2.98. The summed E-state index contributed by atoms with van der Waals surface area (Å²) in [7, 11) is 0. The molecule has 2 aromatic rings. The number of aryl methyl sites for hydroxylation is 1. The van der Waals surface area contributed by atoms with E-state index in [1.807, 2.05) is 18.2 Å². The average Bonchev–Trinajstić information content (AvgIpc) is 2.86. The van der Waals surface area contributed by atoms with Crippen molar-refractivity contribution in [3.63, 3.8) is 0 Å². The third-order valence-electron chi connectivity index (χ3n) is 3.17. The molecule has 0 spiro atoms. The lowest BCUT2D eigenvalue weighted by Crippen LogP contribution is -2.21. The topological polar surface area (TPSA) is 12.0 Å². The van der Waals surface area contributed by atoms with E-state index >= 15 is 0 Å². The lowest BCUT2D eigenvalue weighted by atomic mass is 10.1. The summed E-state index contributed by atoms with van der Waals surface area (Å²) in [6, 6.07) is 10.0. The molecule has 1 aromatic carbocycles. The first kappa shape index (κ1) is 13.2. The summed E-state index contributed by atoms with van der Waals surface area (Å²) in [5.41, 5.74) is 1.68. The molecule has 0 saturated heterocycles. The van der Waals surface area contributed by atoms with Crippen LogP contribution in [0.15, 0.2) is 35.7 Å². The van der Waals surface area contributed by atoms with Crippen LogP contribution in [0.3, 0.4) is 0 Å². The molecule has 1 N–H and O–H groups in total. The minimum absolute atomic E-state index is 0.134. The van der Waals surface area contributed by atoms with E-state index in [2.05, 4.69) is 30.6 Å². The maximum absolute atomic E-state index is 13.5. The van der Waals surface area contributed by atoms with E-state index in [0.29, 0.717) is 5.56 Å². The van der Waals surface area contributed by atoms with Gasteiger partial charge >= 0.3 is 0 Å². The molecular weight excluding hydrogens is 245 g/mol. The Kier molecular flexibility index (Phi) is 4.15. The van der Waals surface area contributed by atoms with Gasteiger partial charge in [-0.25, -0.2) is 4.39 Å². The number of nitrogens with one attached hydrogen (secondary N) is 1. The zero-order valence-electron chi connectivity index (χ0n) is 10.9. The molecule has 2 rings (SSSR count). The van der Waals surface area contributed by atoms with Crippen LogP contribution in [-0.4, -0.2) is 0 Å². The van der Waals surface area contributed by atoms with E-state index in [0.717, 1.165) is 5.56 Å². The standard InChI is InChI=1S/C15H18FNS/c1-10-6-7-13(9-14(10)16)11(2)17-12(3)15-5-4-8-18-15/h4-9,11-12,17H,1-3H3. The molecule has 0 radical (unpaired) electrons. The van der Waals surface area contributed by atoms with Gasteiger partial charge in [0.1, 0.15) is 5.82 Å². The molecule has 18 heavy (non-hydrogen) atoms. The lowest BCUT2D eigenvalue weighted by Gasteiger charge is -2.19. The largest absolute Gasteiger partial charge is 0.303 e. The van der Waals surface area contributed by atoms with E-state index in [-0.39, 0.29) is 17.9 Å². The molecule has 1 nitrogen and oxygen atoms in total. The second kappa shape index (κ2) is 5.63. The Morgan fingerprint density at radius 2 is 1.94 bits per heavy atom. The molecular formula is C15H18FNS. The summed E-state index contributed by atoms with van der Waals surface area (Å²) < 4.78 is 13.5. The van der Waals surface area contributed by atoms with Gasteiger partial charge in [-0.05, 0) is 49.4 Å². The number of benzene rings is 1. The Labute approximate surface area is 112 Å². The molecule has 1 heterocycles. The van der Waals surface area contributed by atoms with E-state index in [1.54, 1.807) is 24.3 Å². The molecule has 3 heteroatoms. The zero-order chi connectivity index (χ0) is 13.1. The van der Waals surface area contributed by atoms with Crippen LogP contribution in [-0.2, 0) is 0 Å². The van der Waals surface area contributed by atoms with Crippen LogP contribution in [0, 0.1) is 12.7 Å². The number of halogens is 1. The zero-order valence-corrected chi connectivity index (χ0v) is 11.7. The van der Waals surface area contributed by atoms with Crippen LogP contribution in [0.1, 0.15) is 41.9 Å². The second-order valence-corrected chi connectivity index (χ2v) is 5.61. The van der Waals surface area contributed by atoms with E-state index in [1.165, 1.54) is 4.88 Å². The maximum Gasteiger partial charge on any atom is 0.126 e. The van der Waals surface area contributed by atoms with Gasteiger partial charge in [-0.3, -0.25) is 0 Å².